The van der Waals surface area contributed by atoms with Gasteiger partial charge in [0.2, 0.25) is 0 Å². The number of rotatable bonds is 2. The minimum absolute atomic E-state index is 0.406. The average Bonchev–Trinajstić information content (AvgIpc) is 2.49. The van der Waals surface area contributed by atoms with E-state index in [1.54, 1.807) is 12.1 Å². The average molecular weight is 311 g/mol. The highest BCUT2D eigenvalue weighted by Gasteiger charge is 2.19. The Labute approximate surface area is 126 Å². The maximum atomic E-state index is 5.74. The number of halogens is 2. The highest BCUT2D eigenvalue weighted by molar-refractivity contribution is 6.29. The molecule has 0 aliphatic carbocycles. The molecule has 0 aromatic carbocycles. The van der Waals surface area contributed by atoms with E-state index in [0.717, 1.165) is 37.8 Å². The molecule has 0 saturated carbocycles. The SMILES string of the molecule is Clc1ccc(N2CCN(c3ccc(Cl)nn3)CC2)nn1. The first-order valence-corrected chi connectivity index (χ1v) is 6.96. The fourth-order valence-electron chi connectivity index (χ4n) is 2.12. The number of anilines is 2. The van der Waals surface area contributed by atoms with Crippen LogP contribution in [0, 0.1) is 0 Å². The van der Waals surface area contributed by atoms with Gasteiger partial charge in [0.1, 0.15) is 0 Å². The summed E-state index contributed by atoms with van der Waals surface area (Å²) in [4.78, 5) is 4.34. The standard InChI is InChI=1S/C12H12Cl2N6/c13-9-1-3-11(17-15-9)19-5-7-20(8-6-19)12-4-2-10(14)16-18-12/h1-4H,5-8H2. The van der Waals surface area contributed by atoms with E-state index in [1.165, 1.54) is 0 Å². The van der Waals surface area contributed by atoms with Crippen molar-refractivity contribution in [2.45, 2.75) is 0 Å². The van der Waals surface area contributed by atoms with E-state index in [-0.39, 0.29) is 0 Å². The van der Waals surface area contributed by atoms with E-state index in [0.29, 0.717) is 10.3 Å². The zero-order valence-electron chi connectivity index (χ0n) is 10.6. The van der Waals surface area contributed by atoms with Gasteiger partial charge in [-0.3, -0.25) is 0 Å². The van der Waals surface area contributed by atoms with Gasteiger partial charge in [0.05, 0.1) is 0 Å². The Bertz CT molecular complexity index is 512. The molecule has 0 radical (unpaired) electrons. The Balaban J connectivity index is 1.64. The third kappa shape index (κ3) is 2.91. The van der Waals surface area contributed by atoms with Crippen LogP contribution in [0.1, 0.15) is 0 Å². The molecule has 0 N–H and O–H groups in total. The van der Waals surface area contributed by atoms with Crippen LogP contribution < -0.4 is 9.80 Å². The van der Waals surface area contributed by atoms with Crippen LogP contribution in [0.2, 0.25) is 10.3 Å². The van der Waals surface area contributed by atoms with Gasteiger partial charge >= 0.3 is 0 Å². The largest absolute Gasteiger partial charge is 0.352 e. The fourth-order valence-corrected chi connectivity index (χ4v) is 2.32. The summed E-state index contributed by atoms with van der Waals surface area (Å²) >= 11 is 11.5. The molecule has 0 amide bonds. The molecule has 8 heteroatoms. The molecule has 0 bridgehead atoms. The smallest absolute Gasteiger partial charge is 0.151 e. The molecule has 3 rings (SSSR count). The van der Waals surface area contributed by atoms with Crippen molar-refractivity contribution in [2.24, 2.45) is 0 Å². The summed E-state index contributed by atoms with van der Waals surface area (Å²) in [5.41, 5.74) is 0. The minimum atomic E-state index is 0.406. The molecule has 3 heterocycles. The maximum absolute atomic E-state index is 5.74. The van der Waals surface area contributed by atoms with Gasteiger partial charge in [-0.05, 0) is 24.3 Å². The van der Waals surface area contributed by atoms with Crippen molar-refractivity contribution in [1.82, 2.24) is 20.4 Å². The second-order valence-electron chi connectivity index (χ2n) is 4.40. The van der Waals surface area contributed by atoms with Crippen LogP contribution in [0.3, 0.4) is 0 Å². The molecule has 1 aliphatic rings. The Hall–Kier alpha value is -1.66. The lowest BCUT2D eigenvalue weighted by molar-refractivity contribution is 0.635. The van der Waals surface area contributed by atoms with Gasteiger partial charge in [0.15, 0.2) is 21.9 Å². The third-order valence-corrected chi connectivity index (χ3v) is 3.57. The zero-order valence-corrected chi connectivity index (χ0v) is 12.1. The number of piperazine rings is 1. The van der Waals surface area contributed by atoms with Gasteiger partial charge in [-0.1, -0.05) is 23.2 Å². The Morgan fingerprint density at radius 3 is 1.35 bits per heavy atom. The molecular weight excluding hydrogens is 299 g/mol. The highest BCUT2D eigenvalue weighted by Crippen LogP contribution is 2.18. The maximum Gasteiger partial charge on any atom is 0.151 e. The van der Waals surface area contributed by atoms with Crippen LogP contribution in [-0.4, -0.2) is 46.6 Å². The molecule has 0 spiro atoms. The van der Waals surface area contributed by atoms with Crippen molar-refractivity contribution in [1.29, 1.82) is 0 Å². The molecule has 1 aliphatic heterocycles. The number of nitrogens with zero attached hydrogens (tertiary/aromatic N) is 6. The highest BCUT2D eigenvalue weighted by atomic mass is 35.5. The van der Waals surface area contributed by atoms with Crippen molar-refractivity contribution in [3.05, 3.63) is 34.6 Å². The quantitative estimate of drug-likeness (QED) is 0.844. The van der Waals surface area contributed by atoms with Gasteiger partial charge < -0.3 is 9.80 Å². The monoisotopic (exact) mass is 310 g/mol. The predicted molar refractivity (Wildman–Crippen MR) is 78.5 cm³/mol. The van der Waals surface area contributed by atoms with Crippen molar-refractivity contribution < 1.29 is 0 Å². The van der Waals surface area contributed by atoms with Crippen LogP contribution >= 0.6 is 23.2 Å². The second kappa shape index (κ2) is 5.76. The normalized spacial score (nSPS) is 15.5. The van der Waals surface area contributed by atoms with Crippen molar-refractivity contribution >= 4 is 34.8 Å². The number of hydrogen-bond donors (Lipinski definition) is 0. The molecule has 104 valence electrons. The fraction of sp³-hybridized carbons (Fsp3) is 0.333. The summed E-state index contributed by atoms with van der Waals surface area (Å²) in [6.45, 7) is 3.39. The molecule has 1 saturated heterocycles. The lowest BCUT2D eigenvalue weighted by Crippen LogP contribution is -2.47. The third-order valence-electron chi connectivity index (χ3n) is 3.16. The summed E-state index contributed by atoms with van der Waals surface area (Å²) in [5, 5.41) is 16.7. The molecular formula is C12H12Cl2N6. The van der Waals surface area contributed by atoms with Crippen LogP contribution in [0.15, 0.2) is 24.3 Å². The predicted octanol–water partition coefficient (Wildman–Crippen LogP) is 1.90. The van der Waals surface area contributed by atoms with Crippen molar-refractivity contribution in [2.75, 3.05) is 36.0 Å². The van der Waals surface area contributed by atoms with Crippen molar-refractivity contribution in [3.63, 3.8) is 0 Å². The Morgan fingerprint density at radius 1 is 0.650 bits per heavy atom. The van der Waals surface area contributed by atoms with Crippen LogP contribution in [-0.2, 0) is 0 Å². The Morgan fingerprint density at radius 2 is 1.05 bits per heavy atom. The first-order chi connectivity index (χ1) is 9.72. The summed E-state index contributed by atoms with van der Waals surface area (Å²) in [6, 6.07) is 7.27. The zero-order chi connectivity index (χ0) is 13.9. The van der Waals surface area contributed by atoms with Gasteiger partial charge in [-0.25, -0.2) is 0 Å². The summed E-state index contributed by atoms with van der Waals surface area (Å²) < 4.78 is 0. The van der Waals surface area contributed by atoms with E-state index in [9.17, 15) is 0 Å². The lowest BCUT2D eigenvalue weighted by atomic mass is 10.3. The van der Waals surface area contributed by atoms with E-state index in [4.69, 9.17) is 23.2 Å². The molecule has 0 atom stereocenters. The molecule has 0 unspecified atom stereocenters. The Kier molecular flexibility index (Phi) is 3.84. The summed E-state index contributed by atoms with van der Waals surface area (Å²) in [6.07, 6.45) is 0. The molecule has 1 fully saturated rings. The van der Waals surface area contributed by atoms with E-state index >= 15 is 0 Å². The number of aromatic nitrogens is 4. The first-order valence-electron chi connectivity index (χ1n) is 6.21. The van der Waals surface area contributed by atoms with Gasteiger partial charge in [0.25, 0.3) is 0 Å². The van der Waals surface area contributed by atoms with Crippen LogP contribution in [0.5, 0.6) is 0 Å². The molecule has 2 aromatic heterocycles. The lowest BCUT2D eigenvalue weighted by Gasteiger charge is -2.35. The summed E-state index contributed by atoms with van der Waals surface area (Å²) in [7, 11) is 0. The van der Waals surface area contributed by atoms with E-state index in [1.807, 2.05) is 12.1 Å². The van der Waals surface area contributed by atoms with Crippen LogP contribution in [0.4, 0.5) is 11.6 Å². The van der Waals surface area contributed by atoms with Gasteiger partial charge in [-0.2, -0.15) is 0 Å². The van der Waals surface area contributed by atoms with Gasteiger partial charge in [0, 0.05) is 26.2 Å². The van der Waals surface area contributed by atoms with E-state index < -0.39 is 0 Å². The van der Waals surface area contributed by atoms with Crippen molar-refractivity contribution in [3.8, 4) is 0 Å². The number of hydrogen-bond acceptors (Lipinski definition) is 6. The molecule has 2 aromatic rings. The molecule has 20 heavy (non-hydrogen) atoms. The first kappa shape index (κ1) is 13.3. The second-order valence-corrected chi connectivity index (χ2v) is 5.18. The molecule has 6 nitrogen and oxygen atoms in total. The van der Waals surface area contributed by atoms with Gasteiger partial charge in [-0.15, -0.1) is 20.4 Å². The topological polar surface area (TPSA) is 58.0 Å². The minimum Gasteiger partial charge on any atom is -0.352 e. The summed E-state index contributed by atoms with van der Waals surface area (Å²) in [5.74, 6) is 1.69. The van der Waals surface area contributed by atoms with Crippen LogP contribution in [0.25, 0.3) is 0 Å². The van der Waals surface area contributed by atoms with E-state index in [2.05, 4.69) is 30.2 Å².